The average molecular weight is 592 g/mol. The van der Waals surface area contributed by atoms with Gasteiger partial charge in [-0.2, -0.15) is 0 Å². The van der Waals surface area contributed by atoms with E-state index in [1.807, 2.05) is 44.2 Å². The molecule has 2 heterocycles. The highest BCUT2D eigenvalue weighted by molar-refractivity contribution is 7.99. The minimum absolute atomic E-state index is 0.148. The summed E-state index contributed by atoms with van der Waals surface area (Å²) in [5.41, 5.74) is 3.29. The summed E-state index contributed by atoms with van der Waals surface area (Å²) in [5, 5.41) is 6.38. The number of aryl methyl sites for hydroxylation is 2. The molecule has 2 aromatic carbocycles. The molecule has 0 saturated carbocycles. The molecule has 1 fully saturated rings. The van der Waals surface area contributed by atoms with Gasteiger partial charge in [-0.15, -0.1) is 0 Å². The quantitative estimate of drug-likeness (QED) is 0.239. The minimum Gasteiger partial charge on any atom is -0.489 e. The van der Waals surface area contributed by atoms with Crippen molar-refractivity contribution >= 4 is 41.0 Å². The summed E-state index contributed by atoms with van der Waals surface area (Å²) >= 11 is 1.29. The topological polar surface area (TPSA) is 123 Å². The van der Waals surface area contributed by atoms with Crippen molar-refractivity contribution in [1.29, 1.82) is 0 Å². The van der Waals surface area contributed by atoms with Crippen LogP contribution in [0.25, 0.3) is 0 Å². The summed E-state index contributed by atoms with van der Waals surface area (Å²) in [6.45, 7) is 10.0. The van der Waals surface area contributed by atoms with Crippen molar-refractivity contribution in [2.75, 3.05) is 22.9 Å². The van der Waals surface area contributed by atoms with Crippen molar-refractivity contribution < 1.29 is 23.9 Å². The van der Waals surface area contributed by atoms with Gasteiger partial charge in [0.15, 0.2) is 5.16 Å². The first-order chi connectivity index (χ1) is 19.9. The summed E-state index contributed by atoms with van der Waals surface area (Å²) in [6, 6.07) is 15.8. The molecule has 11 heteroatoms. The zero-order valence-corrected chi connectivity index (χ0v) is 25.4. The zero-order chi connectivity index (χ0) is 30.3. The van der Waals surface area contributed by atoms with Gasteiger partial charge in [-0.3, -0.25) is 14.5 Å². The summed E-state index contributed by atoms with van der Waals surface area (Å²) in [4.78, 5) is 48.1. The highest BCUT2D eigenvalue weighted by atomic mass is 32.2. The van der Waals surface area contributed by atoms with Crippen LogP contribution in [-0.4, -0.2) is 56.7 Å². The molecule has 42 heavy (non-hydrogen) atoms. The van der Waals surface area contributed by atoms with E-state index in [4.69, 9.17) is 9.47 Å². The monoisotopic (exact) mass is 591 g/mol. The van der Waals surface area contributed by atoms with Gasteiger partial charge >= 0.3 is 6.09 Å². The van der Waals surface area contributed by atoms with Crippen LogP contribution < -0.4 is 15.4 Å². The first kappa shape index (κ1) is 30.8. The lowest BCUT2D eigenvalue weighted by Gasteiger charge is -2.28. The molecule has 10 nitrogen and oxygen atoms in total. The van der Waals surface area contributed by atoms with Crippen LogP contribution in [0.3, 0.4) is 0 Å². The molecule has 1 unspecified atom stereocenters. The fraction of sp³-hybridized carbons (Fsp3) is 0.387. The fourth-order valence-electron chi connectivity index (χ4n) is 4.43. The van der Waals surface area contributed by atoms with Gasteiger partial charge in [-0.25, -0.2) is 14.8 Å². The number of ether oxygens (including phenoxy) is 2. The van der Waals surface area contributed by atoms with E-state index in [1.165, 1.54) is 16.7 Å². The van der Waals surface area contributed by atoms with Crippen LogP contribution in [0.4, 0.5) is 16.2 Å². The summed E-state index contributed by atoms with van der Waals surface area (Å²) in [7, 11) is 0. The molecule has 4 rings (SSSR count). The van der Waals surface area contributed by atoms with Crippen molar-refractivity contribution in [3.8, 4) is 5.75 Å². The molecule has 0 aliphatic carbocycles. The fourth-order valence-corrected chi connectivity index (χ4v) is 5.18. The molecule has 0 radical (unpaired) electrons. The molecule has 1 aliphatic rings. The van der Waals surface area contributed by atoms with E-state index in [1.54, 1.807) is 45.0 Å². The molecule has 1 atom stereocenters. The van der Waals surface area contributed by atoms with Crippen molar-refractivity contribution in [3.63, 3.8) is 0 Å². The first-order valence-corrected chi connectivity index (χ1v) is 14.8. The van der Waals surface area contributed by atoms with Gasteiger partial charge in [-0.1, -0.05) is 23.9 Å². The molecule has 1 aromatic heterocycles. The zero-order valence-electron chi connectivity index (χ0n) is 24.6. The predicted octanol–water partition coefficient (Wildman–Crippen LogP) is 5.74. The SMILES string of the molecule is Cc1cc(C)nc(SCC(=O)Nc2cccc(COc3ccc(NC(=O)C4CCCN4C(=O)OC(C)(C)C)cc3)c2)n1. The summed E-state index contributed by atoms with van der Waals surface area (Å²) in [5.74, 6) is 0.436. The molecule has 0 bridgehead atoms. The van der Waals surface area contributed by atoms with E-state index >= 15 is 0 Å². The van der Waals surface area contributed by atoms with Crippen molar-refractivity contribution in [2.45, 2.75) is 70.9 Å². The van der Waals surface area contributed by atoms with Crippen LogP contribution >= 0.6 is 11.8 Å². The number of thioether (sulfide) groups is 1. The van der Waals surface area contributed by atoms with E-state index in [0.717, 1.165) is 23.4 Å². The maximum Gasteiger partial charge on any atom is 0.410 e. The van der Waals surface area contributed by atoms with Crippen LogP contribution in [0.5, 0.6) is 5.75 Å². The molecule has 3 amide bonds. The number of carbonyl (C=O) groups excluding carboxylic acids is 3. The average Bonchev–Trinajstić information content (AvgIpc) is 3.41. The number of nitrogens with one attached hydrogen (secondary N) is 2. The first-order valence-electron chi connectivity index (χ1n) is 13.8. The van der Waals surface area contributed by atoms with Crippen LogP contribution in [0.2, 0.25) is 0 Å². The third-order valence-corrected chi connectivity index (χ3v) is 7.06. The standard InChI is InChI=1S/C31H37N5O5S/c1-20-16-21(2)33-29(32-20)42-19-27(37)34-24-9-6-8-22(17-24)18-40-25-13-11-23(12-14-25)35-28(38)26-10-7-15-36(26)30(39)41-31(3,4)5/h6,8-9,11-14,16-17,26H,7,10,15,18-19H2,1-5H3,(H,34,37)(H,35,38). The minimum atomic E-state index is -0.623. The van der Waals surface area contributed by atoms with E-state index in [9.17, 15) is 14.4 Å². The highest BCUT2D eigenvalue weighted by Crippen LogP contribution is 2.24. The van der Waals surface area contributed by atoms with Crippen molar-refractivity contribution in [2.24, 2.45) is 0 Å². The smallest absolute Gasteiger partial charge is 0.410 e. The van der Waals surface area contributed by atoms with Gasteiger partial charge < -0.3 is 20.1 Å². The van der Waals surface area contributed by atoms with Crippen LogP contribution in [0.15, 0.2) is 59.8 Å². The maximum absolute atomic E-state index is 12.9. The Morgan fingerprint density at radius 2 is 1.69 bits per heavy atom. The molecule has 222 valence electrons. The lowest BCUT2D eigenvalue weighted by Crippen LogP contribution is -2.45. The third-order valence-electron chi connectivity index (χ3n) is 6.22. The van der Waals surface area contributed by atoms with Gasteiger partial charge in [0, 0.05) is 29.3 Å². The Bertz CT molecular complexity index is 1400. The molecule has 0 spiro atoms. The normalized spacial score (nSPS) is 14.8. The number of amides is 3. The summed E-state index contributed by atoms with van der Waals surface area (Å²) < 4.78 is 11.4. The predicted molar refractivity (Wildman–Crippen MR) is 163 cm³/mol. The lowest BCUT2D eigenvalue weighted by molar-refractivity contribution is -0.120. The van der Waals surface area contributed by atoms with E-state index in [2.05, 4.69) is 20.6 Å². The maximum atomic E-state index is 12.9. The van der Waals surface area contributed by atoms with Crippen LogP contribution in [-0.2, 0) is 20.9 Å². The number of rotatable bonds is 9. The van der Waals surface area contributed by atoms with Gasteiger partial charge in [0.05, 0.1) is 5.75 Å². The van der Waals surface area contributed by atoms with Crippen LogP contribution in [0.1, 0.15) is 50.6 Å². The molecule has 1 saturated heterocycles. The summed E-state index contributed by atoms with van der Waals surface area (Å²) in [6.07, 6.45) is 0.861. The number of benzene rings is 2. The number of hydrogen-bond donors (Lipinski definition) is 2. The number of anilines is 2. The number of nitrogens with zero attached hydrogens (tertiary/aromatic N) is 3. The highest BCUT2D eigenvalue weighted by Gasteiger charge is 2.36. The molecular weight excluding hydrogens is 554 g/mol. The number of hydrogen-bond acceptors (Lipinski definition) is 8. The Morgan fingerprint density at radius 3 is 2.38 bits per heavy atom. The van der Waals surface area contributed by atoms with Crippen molar-refractivity contribution in [3.05, 3.63) is 71.5 Å². The third kappa shape index (κ3) is 9.20. The number of aromatic nitrogens is 2. The Balaban J connectivity index is 1.25. The molecule has 2 N–H and O–H groups in total. The van der Waals surface area contributed by atoms with E-state index < -0.39 is 17.7 Å². The Hall–Kier alpha value is -4.12. The molecular formula is C31H37N5O5S. The largest absolute Gasteiger partial charge is 0.489 e. The molecule has 3 aromatic rings. The van der Waals surface area contributed by atoms with Crippen molar-refractivity contribution in [1.82, 2.24) is 14.9 Å². The number of carbonyl (C=O) groups is 3. The van der Waals surface area contributed by atoms with Gasteiger partial charge in [0.2, 0.25) is 11.8 Å². The molecule has 1 aliphatic heterocycles. The van der Waals surface area contributed by atoms with E-state index in [0.29, 0.717) is 41.9 Å². The van der Waals surface area contributed by atoms with Crippen LogP contribution in [0, 0.1) is 13.8 Å². The van der Waals surface area contributed by atoms with Gasteiger partial charge in [0.25, 0.3) is 0 Å². The van der Waals surface area contributed by atoms with E-state index in [-0.39, 0.29) is 17.6 Å². The van der Waals surface area contributed by atoms with Gasteiger partial charge in [0.1, 0.15) is 24.0 Å². The Kier molecular flexibility index (Phi) is 10.1. The second kappa shape index (κ2) is 13.7. The number of likely N-dealkylation sites (tertiary alicyclic amines) is 1. The second-order valence-electron chi connectivity index (χ2n) is 11.1. The van der Waals surface area contributed by atoms with Gasteiger partial charge in [-0.05, 0) is 95.5 Å². The Morgan fingerprint density at radius 1 is 0.976 bits per heavy atom. The second-order valence-corrected chi connectivity index (χ2v) is 12.0. The Labute approximate surface area is 250 Å². The lowest BCUT2D eigenvalue weighted by atomic mass is 10.2.